The van der Waals surface area contributed by atoms with Gasteiger partial charge in [-0.3, -0.25) is 4.79 Å². The number of benzene rings is 2. The molecule has 0 aliphatic heterocycles. The topological polar surface area (TPSA) is 136 Å². The molecule has 0 bridgehead atoms. The Labute approximate surface area is 171 Å². The number of nitrogens with one attached hydrogen (secondary N) is 1. The first kappa shape index (κ1) is 20.0. The van der Waals surface area contributed by atoms with Crippen LogP contribution >= 0.6 is 0 Å². The first-order valence-corrected chi connectivity index (χ1v) is 10.7. The first-order chi connectivity index (χ1) is 14.2. The molecule has 0 fully saturated rings. The number of sulfonamides is 1. The second-order valence-corrected chi connectivity index (χ2v) is 9.00. The van der Waals surface area contributed by atoms with Gasteiger partial charge in [0.15, 0.2) is 0 Å². The average Bonchev–Trinajstić information content (AvgIpc) is 3.27. The van der Waals surface area contributed by atoms with Gasteiger partial charge in [0.2, 0.25) is 21.7 Å². The molecule has 0 radical (unpaired) electrons. The molecule has 30 heavy (non-hydrogen) atoms. The van der Waals surface area contributed by atoms with Gasteiger partial charge in [-0.1, -0.05) is 25.1 Å². The van der Waals surface area contributed by atoms with E-state index >= 15 is 0 Å². The van der Waals surface area contributed by atoms with Gasteiger partial charge in [-0.2, -0.15) is 9.71 Å². The molecule has 0 amide bonds. The lowest BCUT2D eigenvalue weighted by Crippen LogP contribution is -2.44. The summed E-state index contributed by atoms with van der Waals surface area (Å²) in [5.74, 6) is -0.782. The second-order valence-electron chi connectivity index (χ2n) is 7.29. The molecule has 9 nitrogen and oxygen atoms in total. The van der Waals surface area contributed by atoms with Crippen LogP contribution in [0.1, 0.15) is 19.7 Å². The van der Waals surface area contributed by atoms with Gasteiger partial charge in [-0.05, 0) is 30.2 Å². The predicted octanol–water partition coefficient (Wildman–Crippen LogP) is 3.33. The highest BCUT2D eigenvalue weighted by molar-refractivity contribution is 7.89. The van der Waals surface area contributed by atoms with Crippen molar-refractivity contribution < 1.29 is 27.3 Å². The molecule has 0 saturated carbocycles. The van der Waals surface area contributed by atoms with Crippen LogP contribution in [-0.2, 0) is 14.8 Å². The molecule has 156 valence electrons. The van der Waals surface area contributed by atoms with Gasteiger partial charge in [0.25, 0.3) is 0 Å². The van der Waals surface area contributed by atoms with Crippen molar-refractivity contribution in [2.45, 2.75) is 31.7 Å². The van der Waals surface area contributed by atoms with Crippen molar-refractivity contribution >= 4 is 37.9 Å². The number of carboxylic acid groups (broad SMARTS) is 1. The fourth-order valence-corrected chi connectivity index (χ4v) is 4.54. The Morgan fingerprint density at radius 1 is 1.10 bits per heavy atom. The van der Waals surface area contributed by atoms with E-state index in [2.05, 4.69) is 14.9 Å². The van der Waals surface area contributed by atoms with Crippen LogP contribution in [0.3, 0.4) is 0 Å². The zero-order valence-corrected chi connectivity index (χ0v) is 17.2. The quantitative estimate of drug-likeness (QED) is 0.476. The van der Waals surface area contributed by atoms with Gasteiger partial charge in [-0.15, -0.1) is 0 Å². The Bertz CT molecular complexity index is 1370. The number of aryl methyl sites for hydroxylation is 1. The Balaban J connectivity index is 1.75. The van der Waals surface area contributed by atoms with Crippen molar-refractivity contribution in [2.75, 3.05) is 0 Å². The lowest BCUT2D eigenvalue weighted by Gasteiger charge is -2.17. The van der Waals surface area contributed by atoms with Gasteiger partial charge in [0.05, 0.1) is 4.90 Å². The van der Waals surface area contributed by atoms with Gasteiger partial charge in [0.1, 0.15) is 17.2 Å². The number of carboxylic acids is 1. The molecular weight excluding hydrogens is 410 g/mol. The molecule has 2 aromatic heterocycles. The molecule has 0 aliphatic rings. The van der Waals surface area contributed by atoms with Crippen molar-refractivity contribution in [2.24, 2.45) is 5.92 Å². The smallest absolute Gasteiger partial charge is 0.322 e. The molecule has 10 heteroatoms. The minimum atomic E-state index is -4.05. The summed E-state index contributed by atoms with van der Waals surface area (Å²) in [7, 11) is -4.05. The lowest BCUT2D eigenvalue weighted by atomic mass is 10.1. The SMILES string of the molecule is Cc1nc(-c2ccc3c(c2)oc2cc(S(=O)(=O)N[C@H](C(=O)O)C(C)C)ccc23)no1. The van der Waals surface area contributed by atoms with Gasteiger partial charge in [0, 0.05) is 29.3 Å². The fourth-order valence-electron chi connectivity index (χ4n) is 3.19. The van der Waals surface area contributed by atoms with E-state index in [1.54, 1.807) is 32.9 Å². The highest BCUT2D eigenvalue weighted by Gasteiger charge is 2.28. The van der Waals surface area contributed by atoms with E-state index in [0.29, 0.717) is 28.4 Å². The summed E-state index contributed by atoms with van der Waals surface area (Å²) >= 11 is 0. The normalized spacial score (nSPS) is 13.3. The van der Waals surface area contributed by atoms with E-state index < -0.39 is 28.0 Å². The van der Waals surface area contributed by atoms with E-state index in [1.807, 2.05) is 12.1 Å². The lowest BCUT2D eigenvalue weighted by molar-refractivity contribution is -0.140. The van der Waals surface area contributed by atoms with Crippen LogP contribution in [0.4, 0.5) is 0 Å². The fraction of sp³-hybridized carbons (Fsp3) is 0.250. The van der Waals surface area contributed by atoms with Crippen molar-refractivity contribution in [1.82, 2.24) is 14.9 Å². The molecule has 2 aromatic carbocycles. The maximum absolute atomic E-state index is 12.7. The number of nitrogens with zero attached hydrogens (tertiary/aromatic N) is 2. The number of aromatic nitrogens is 2. The van der Waals surface area contributed by atoms with Crippen LogP contribution in [-0.4, -0.2) is 35.7 Å². The minimum Gasteiger partial charge on any atom is -0.480 e. The zero-order chi connectivity index (χ0) is 21.6. The molecule has 0 unspecified atom stereocenters. The van der Waals surface area contributed by atoms with E-state index in [-0.39, 0.29) is 4.90 Å². The Kier molecular flexibility index (Phi) is 4.83. The average molecular weight is 429 g/mol. The highest BCUT2D eigenvalue weighted by Crippen LogP contribution is 2.32. The number of carbonyl (C=O) groups is 1. The van der Waals surface area contributed by atoms with Crippen LogP contribution < -0.4 is 4.72 Å². The summed E-state index contributed by atoms with van der Waals surface area (Å²) in [5.41, 5.74) is 1.61. The number of hydrogen-bond donors (Lipinski definition) is 2. The van der Waals surface area contributed by atoms with Crippen LogP contribution in [0.15, 0.2) is 50.2 Å². The Morgan fingerprint density at radius 2 is 1.77 bits per heavy atom. The maximum Gasteiger partial charge on any atom is 0.322 e. The van der Waals surface area contributed by atoms with E-state index in [9.17, 15) is 18.3 Å². The molecule has 4 rings (SSSR count). The summed E-state index contributed by atoms with van der Waals surface area (Å²) in [6, 6.07) is 8.64. The predicted molar refractivity (Wildman–Crippen MR) is 108 cm³/mol. The van der Waals surface area contributed by atoms with E-state index in [1.165, 1.54) is 12.1 Å². The summed E-state index contributed by atoms with van der Waals surface area (Å²) in [5, 5.41) is 14.7. The molecular formula is C20H19N3O6S. The van der Waals surface area contributed by atoms with E-state index in [0.717, 1.165) is 10.8 Å². The number of rotatable bonds is 6. The third kappa shape index (κ3) is 3.55. The van der Waals surface area contributed by atoms with Gasteiger partial charge in [-0.25, -0.2) is 8.42 Å². The molecule has 0 aliphatic carbocycles. The van der Waals surface area contributed by atoms with E-state index in [4.69, 9.17) is 8.94 Å². The summed E-state index contributed by atoms with van der Waals surface area (Å²) < 4.78 is 38.5. The Hall–Kier alpha value is -3.24. The highest BCUT2D eigenvalue weighted by atomic mass is 32.2. The molecule has 4 aromatic rings. The molecule has 2 N–H and O–H groups in total. The van der Waals surface area contributed by atoms with Gasteiger partial charge < -0.3 is 14.0 Å². The monoisotopic (exact) mass is 429 g/mol. The summed E-state index contributed by atoms with van der Waals surface area (Å²) in [6.07, 6.45) is 0. The largest absolute Gasteiger partial charge is 0.480 e. The summed E-state index contributed by atoms with van der Waals surface area (Å²) in [4.78, 5) is 15.5. The second kappa shape index (κ2) is 7.22. The number of aliphatic carboxylic acids is 1. The molecule has 0 saturated heterocycles. The van der Waals surface area contributed by atoms with Crippen molar-refractivity contribution in [3.05, 3.63) is 42.3 Å². The molecule has 0 spiro atoms. The van der Waals surface area contributed by atoms with Crippen molar-refractivity contribution in [3.8, 4) is 11.4 Å². The third-order valence-corrected chi connectivity index (χ3v) is 6.19. The summed E-state index contributed by atoms with van der Waals surface area (Å²) in [6.45, 7) is 4.96. The zero-order valence-electron chi connectivity index (χ0n) is 16.4. The first-order valence-electron chi connectivity index (χ1n) is 9.18. The number of hydrogen-bond acceptors (Lipinski definition) is 7. The van der Waals surface area contributed by atoms with Crippen molar-refractivity contribution in [1.29, 1.82) is 0 Å². The number of furan rings is 1. The van der Waals surface area contributed by atoms with Crippen LogP contribution in [0.5, 0.6) is 0 Å². The van der Waals surface area contributed by atoms with Crippen LogP contribution in [0.25, 0.3) is 33.3 Å². The molecule has 1 atom stereocenters. The molecule has 2 heterocycles. The minimum absolute atomic E-state index is 0.0741. The van der Waals surface area contributed by atoms with Crippen molar-refractivity contribution in [3.63, 3.8) is 0 Å². The van der Waals surface area contributed by atoms with Crippen LogP contribution in [0, 0.1) is 12.8 Å². The van der Waals surface area contributed by atoms with Gasteiger partial charge >= 0.3 is 5.97 Å². The van der Waals surface area contributed by atoms with Crippen LogP contribution in [0.2, 0.25) is 0 Å². The standard InChI is InChI=1S/C20H19N3O6S/c1-10(2)18(20(24)25)23-30(26,27)13-5-7-15-14-6-4-12(19-21-11(3)29-22-19)8-16(14)28-17(15)9-13/h4-10,18,23H,1-3H3,(H,24,25)/t18-/m0/s1. The number of fused-ring (bicyclic) bond motifs is 3. The maximum atomic E-state index is 12.7. The Morgan fingerprint density at radius 3 is 2.37 bits per heavy atom. The third-order valence-electron chi connectivity index (χ3n) is 4.76.